The monoisotopic (exact) mass is 658 g/mol. The summed E-state index contributed by atoms with van der Waals surface area (Å²) in [6.45, 7) is 5.52. The highest BCUT2D eigenvalue weighted by Gasteiger charge is 2.40. The first-order valence-electron chi connectivity index (χ1n) is 14.4. The summed E-state index contributed by atoms with van der Waals surface area (Å²) in [6, 6.07) is 17.4. The van der Waals surface area contributed by atoms with Crippen LogP contribution in [-0.4, -0.2) is 57.3 Å². The molecule has 0 aliphatic carbocycles. The third-order valence-electron chi connectivity index (χ3n) is 8.04. The lowest BCUT2D eigenvalue weighted by molar-refractivity contribution is -0.124. The number of nitrogens with one attached hydrogen (secondary N) is 2. The lowest BCUT2D eigenvalue weighted by Gasteiger charge is -2.20. The van der Waals surface area contributed by atoms with Crippen molar-refractivity contribution in [1.29, 1.82) is 10.5 Å². The van der Waals surface area contributed by atoms with E-state index in [4.69, 9.17) is 22.1 Å². The summed E-state index contributed by atoms with van der Waals surface area (Å²) in [5.74, 6) is -0.350. The Balaban J connectivity index is 0.000000178. The van der Waals surface area contributed by atoms with Crippen molar-refractivity contribution in [2.24, 2.45) is 11.3 Å². The quantitative estimate of drug-likeness (QED) is 0.223. The zero-order valence-electron chi connectivity index (χ0n) is 24.7. The van der Waals surface area contributed by atoms with Crippen molar-refractivity contribution >= 4 is 56.4 Å². The van der Waals surface area contributed by atoms with E-state index in [1.165, 1.54) is 22.7 Å². The minimum absolute atomic E-state index is 0.0702. The van der Waals surface area contributed by atoms with Gasteiger partial charge in [0.05, 0.1) is 21.1 Å². The molecule has 2 fully saturated rings. The van der Waals surface area contributed by atoms with E-state index in [2.05, 4.69) is 33.0 Å². The Morgan fingerprint density at radius 2 is 1.62 bits per heavy atom. The number of amides is 2. The average Bonchev–Trinajstić information content (AvgIpc) is 3.86. The van der Waals surface area contributed by atoms with E-state index < -0.39 is 5.41 Å². The van der Waals surface area contributed by atoms with Gasteiger partial charge in [0.25, 0.3) is 0 Å². The van der Waals surface area contributed by atoms with Crippen molar-refractivity contribution < 1.29 is 9.59 Å². The molecule has 0 saturated carbocycles. The van der Waals surface area contributed by atoms with E-state index >= 15 is 0 Å². The molecule has 2 aromatic heterocycles. The average molecular weight is 659 g/mol. The van der Waals surface area contributed by atoms with Gasteiger partial charge in [0.2, 0.25) is 11.8 Å². The Bertz CT molecular complexity index is 1750. The molecule has 2 amide bonds. The van der Waals surface area contributed by atoms with Crippen molar-refractivity contribution in [1.82, 2.24) is 19.8 Å². The number of rotatable bonds is 6. The maximum absolute atomic E-state index is 12.5. The number of thiazole rings is 2. The van der Waals surface area contributed by atoms with Gasteiger partial charge in [0.1, 0.15) is 0 Å². The van der Waals surface area contributed by atoms with Crippen LogP contribution in [0, 0.1) is 34.2 Å². The number of hydrogen-bond acceptors (Lipinski definition) is 10. The minimum Gasteiger partial charge on any atom is -0.310 e. The predicted molar refractivity (Wildman–Crippen MR) is 177 cm³/mol. The Morgan fingerprint density at radius 1 is 0.956 bits per heavy atom. The maximum atomic E-state index is 12.5. The Kier molecular flexibility index (Phi) is 9.99. The third-order valence-corrected chi connectivity index (χ3v) is 10.3. The van der Waals surface area contributed by atoms with Crippen molar-refractivity contribution in [2.45, 2.75) is 32.7 Å². The summed E-state index contributed by atoms with van der Waals surface area (Å²) >= 11 is 9.03. The second-order valence-electron chi connectivity index (χ2n) is 11.1. The molecule has 230 valence electrons. The summed E-state index contributed by atoms with van der Waals surface area (Å²) in [7, 11) is 0. The van der Waals surface area contributed by atoms with Gasteiger partial charge >= 0.3 is 0 Å². The number of halogens is 1. The summed E-state index contributed by atoms with van der Waals surface area (Å²) in [5, 5.41) is 25.5. The molecule has 2 saturated heterocycles. The van der Waals surface area contributed by atoms with E-state index in [0.29, 0.717) is 47.8 Å². The highest BCUT2D eigenvalue weighted by Crippen LogP contribution is 2.35. The van der Waals surface area contributed by atoms with Gasteiger partial charge in [-0.25, -0.2) is 9.97 Å². The number of carbonyl (C=O) groups is 2. The first-order valence-corrected chi connectivity index (χ1v) is 16.4. The van der Waals surface area contributed by atoms with Gasteiger partial charge < -0.3 is 20.4 Å². The molecule has 0 radical (unpaired) electrons. The number of carbonyl (C=O) groups excluding carboxylic acids is 2. The second kappa shape index (κ2) is 14.1. The fourth-order valence-electron chi connectivity index (χ4n) is 5.29. The first kappa shape index (κ1) is 31.9. The Labute approximate surface area is 274 Å². The van der Waals surface area contributed by atoms with Crippen LogP contribution in [0.15, 0.2) is 67.0 Å². The van der Waals surface area contributed by atoms with Gasteiger partial charge in [-0.15, -0.1) is 0 Å². The van der Waals surface area contributed by atoms with E-state index in [9.17, 15) is 9.59 Å². The standard InChI is InChI=1S/C16H15ClN4OS.C16H16N4OS/c1-10-11(6-7-21(10)9-18)15(22)20-16-19-8-14(23-16)12-4-2-3-5-13(12)17;1-16(7-8-20(10-16)11-17)14(21)19-15-18-9-13(22-15)12-5-3-2-4-6-12/h2-5,8,10-11H,6-7H2,1H3,(H,19,20,22);2-6,9H,7-8,10H2,1H3,(H,18,19,21)/t10-,11-;16-/m00/s1. The highest BCUT2D eigenvalue weighted by atomic mass is 35.5. The number of nitrogens with zero attached hydrogens (tertiary/aromatic N) is 6. The van der Waals surface area contributed by atoms with Crippen LogP contribution in [0.5, 0.6) is 0 Å². The zero-order valence-corrected chi connectivity index (χ0v) is 27.1. The molecule has 4 heterocycles. The van der Waals surface area contributed by atoms with Gasteiger partial charge in [0.15, 0.2) is 22.6 Å². The summed E-state index contributed by atoms with van der Waals surface area (Å²) in [4.78, 5) is 38.6. The molecule has 45 heavy (non-hydrogen) atoms. The normalized spacial score (nSPS) is 20.5. The van der Waals surface area contributed by atoms with Crippen LogP contribution in [0.4, 0.5) is 10.3 Å². The largest absolute Gasteiger partial charge is 0.310 e. The van der Waals surface area contributed by atoms with Crippen LogP contribution in [0.1, 0.15) is 26.7 Å². The van der Waals surface area contributed by atoms with E-state index in [1.807, 2.05) is 68.4 Å². The lowest BCUT2D eigenvalue weighted by atomic mass is 9.89. The molecule has 0 unspecified atom stereocenters. The van der Waals surface area contributed by atoms with E-state index in [-0.39, 0.29) is 23.8 Å². The number of aromatic nitrogens is 2. The molecule has 3 atom stereocenters. The van der Waals surface area contributed by atoms with Crippen molar-refractivity contribution in [3.05, 3.63) is 72.0 Å². The second-order valence-corrected chi connectivity index (χ2v) is 13.6. The molecule has 13 heteroatoms. The van der Waals surface area contributed by atoms with Crippen LogP contribution in [-0.2, 0) is 9.59 Å². The molecular formula is C32H31ClN8O2S2. The predicted octanol–water partition coefficient (Wildman–Crippen LogP) is 6.54. The van der Waals surface area contributed by atoms with E-state index in [0.717, 1.165) is 20.9 Å². The molecule has 4 aromatic rings. The van der Waals surface area contributed by atoms with Gasteiger partial charge in [-0.05, 0) is 38.3 Å². The molecule has 2 aliphatic rings. The SMILES string of the molecule is C[C@H]1[C@@H](C(=O)Nc2ncc(-c3ccccc3Cl)s2)CCN1C#N.C[C@]1(C(=O)Nc2ncc(-c3ccccc3)s2)CCN(C#N)C1. The topological polar surface area (TPSA) is 138 Å². The maximum Gasteiger partial charge on any atom is 0.233 e. The molecule has 2 N–H and O–H groups in total. The Hall–Kier alpha value is -4.49. The van der Waals surface area contributed by atoms with Crippen LogP contribution in [0.25, 0.3) is 20.9 Å². The third kappa shape index (κ3) is 7.43. The molecule has 2 aliphatic heterocycles. The van der Waals surface area contributed by atoms with E-state index in [1.54, 1.807) is 22.2 Å². The minimum atomic E-state index is -0.533. The number of anilines is 2. The van der Waals surface area contributed by atoms with Crippen LogP contribution in [0.3, 0.4) is 0 Å². The number of nitriles is 2. The highest BCUT2D eigenvalue weighted by molar-refractivity contribution is 7.19. The number of benzene rings is 2. The molecular weight excluding hydrogens is 628 g/mol. The van der Waals surface area contributed by atoms with Gasteiger partial charge in [0, 0.05) is 48.7 Å². The molecule has 6 rings (SSSR count). The van der Waals surface area contributed by atoms with Crippen LogP contribution < -0.4 is 10.6 Å². The molecule has 2 aromatic carbocycles. The first-order chi connectivity index (χ1) is 21.7. The number of likely N-dealkylation sites (tertiary alicyclic amines) is 2. The zero-order chi connectivity index (χ0) is 32.0. The Morgan fingerprint density at radius 3 is 2.29 bits per heavy atom. The summed E-state index contributed by atoms with van der Waals surface area (Å²) in [6.07, 6.45) is 9.07. The summed E-state index contributed by atoms with van der Waals surface area (Å²) < 4.78 is 0. The fraction of sp³-hybridized carbons (Fsp3) is 0.312. The van der Waals surface area contributed by atoms with Gasteiger partial charge in [-0.2, -0.15) is 10.5 Å². The molecule has 0 bridgehead atoms. The van der Waals surface area contributed by atoms with Gasteiger partial charge in [-0.1, -0.05) is 82.8 Å². The molecule has 0 spiro atoms. The van der Waals surface area contributed by atoms with Crippen LogP contribution >= 0.6 is 34.3 Å². The van der Waals surface area contributed by atoms with Crippen molar-refractivity contribution in [3.63, 3.8) is 0 Å². The fourth-order valence-corrected chi connectivity index (χ4v) is 7.26. The number of hydrogen-bond donors (Lipinski definition) is 2. The summed E-state index contributed by atoms with van der Waals surface area (Å²) in [5.41, 5.74) is 1.45. The smallest absolute Gasteiger partial charge is 0.233 e. The lowest BCUT2D eigenvalue weighted by Crippen LogP contribution is -2.35. The molecule has 10 nitrogen and oxygen atoms in total. The van der Waals surface area contributed by atoms with Crippen molar-refractivity contribution in [2.75, 3.05) is 30.3 Å². The van der Waals surface area contributed by atoms with Crippen LogP contribution in [0.2, 0.25) is 5.02 Å². The van der Waals surface area contributed by atoms with Gasteiger partial charge in [-0.3, -0.25) is 9.59 Å². The van der Waals surface area contributed by atoms with Crippen molar-refractivity contribution in [3.8, 4) is 33.3 Å².